The number of hydrogen-bond acceptors (Lipinski definition) is 1. The Kier molecular flexibility index (Phi) is 13.3. The van der Waals surface area contributed by atoms with Gasteiger partial charge in [-0.15, -0.1) is 0 Å². The highest BCUT2D eigenvalue weighted by Crippen LogP contribution is 2.55. The molecule has 2 nitrogen and oxygen atoms in total. The summed E-state index contributed by atoms with van der Waals surface area (Å²) in [6, 6.07) is 0. The van der Waals surface area contributed by atoms with E-state index in [0.717, 1.165) is 37.8 Å². The van der Waals surface area contributed by atoms with Gasteiger partial charge in [-0.05, 0) is 62.2 Å². The molecule has 0 aromatic rings. The summed E-state index contributed by atoms with van der Waals surface area (Å²) >= 11 is 0. The number of likely N-dealkylation sites (tertiary alicyclic amines) is 1. The molecule has 32 heavy (non-hydrogen) atoms. The quantitative estimate of drug-likeness (QED) is 0.203. The maximum absolute atomic E-state index is 13.3. The van der Waals surface area contributed by atoms with Crippen LogP contribution in [0.2, 0.25) is 0 Å². The van der Waals surface area contributed by atoms with Crippen LogP contribution in [-0.2, 0) is 4.79 Å². The van der Waals surface area contributed by atoms with Crippen molar-refractivity contribution in [2.24, 2.45) is 23.2 Å². The summed E-state index contributed by atoms with van der Waals surface area (Å²) in [5.74, 6) is 2.75. The van der Waals surface area contributed by atoms with Gasteiger partial charge < -0.3 is 4.90 Å². The van der Waals surface area contributed by atoms with Gasteiger partial charge in [-0.3, -0.25) is 4.79 Å². The lowest BCUT2D eigenvalue weighted by Crippen LogP contribution is -2.50. The Morgan fingerprint density at radius 3 is 1.84 bits per heavy atom. The molecule has 2 heteroatoms. The Bertz CT molecular complexity index is 485. The van der Waals surface area contributed by atoms with Crippen LogP contribution < -0.4 is 0 Å². The van der Waals surface area contributed by atoms with Crippen LogP contribution in [0.15, 0.2) is 0 Å². The van der Waals surface area contributed by atoms with Crippen molar-refractivity contribution in [1.29, 1.82) is 0 Å². The Balaban J connectivity index is 1.76. The summed E-state index contributed by atoms with van der Waals surface area (Å²) < 4.78 is 0. The molecule has 2 fully saturated rings. The van der Waals surface area contributed by atoms with Crippen LogP contribution in [0, 0.1) is 23.2 Å². The van der Waals surface area contributed by atoms with Gasteiger partial charge in [0.1, 0.15) is 0 Å². The summed E-state index contributed by atoms with van der Waals surface area (Å²) in [5, 5.41) is 0. The summed E-state index contributed by atoms with van der Waals surface area (Å²) in [6.07, 6.45) is 25.3. The first-order valence-electron chi connectivity index (χ1n) is 14.9. The minimum absolute atomic E-state index is 0.298. The summed E-state index contributed by atoms with van der Waals surface area (Å²) in [6.45, 7) is 11.3. The van der Waals surface area contributed by atoms with Crippen molar-refractivity contribution in [1.82, 2.24) is 4.90 Å². The second-order valence-corrected chi connectivity index (χ2v) is 11.7. The molecule has 188 valence electrons. The van der Waals surface area contributed by atoms with Crippen molar-refractivity contribution in [3.05, 3.63) is 0 Å². The molecule has 0 N–H and O–H groups in total. The Morgan fingerprint density at radius 2 is 1.25 bits per heavy atom. The fourth-order valence-electron chi connectivity index (χ4n) is 6.71. The minimum Gasteiger partial charge on any atom is -0.342 e. The van der Waals surface area contributed by atoms with Gasteiger partial charge in [-0.1, -0.05) is 105 Å². The molecule has 0 radical (unpaired) electrons. The first-order chi connectivity index (χ1) is 15.6. The van der Waals surface area contributed by atoms with Gasteiger partial charge >= 0.3 is 0 Å². The van der Waals surface area contributed by atoms with E-state index in [9.17, 15) is 4.79 Å². The van der Waals surface area contributed by atoms with Gasteiger partial charge in [0.2, 0.25) is 5.91 Å². The van der Waals surface area contributed by atoms with E-state index >= 15 is 0 Å². The highest BCUT2D eigenvalue weighted by atomic mass is 16.2. The van der Waals surface area contributed by atoms with E-state index in [1.807, 2.05) is 0 Å². The van der Waals surface area contributed by atoms with Crippen LogP contribution >= 0.6 is 0 Å². The topological polar surface area (TPSA) is 20.3 Å². The SMILES string of the molecule is CCCCCC(CCCC)CC1CC2(CCN(C(=O)C(CCCC)CCCCC)CC2)C1. The summed E-state index contributed by atoms with van der Waals surface area (Å²) in [5.41, 5.74) is 0.599. The normalized spacial score (nSPS) is 20.3. The number of nitrogens with zero attached hydrogens (tertiary/aromatic N) is 1. The zero-order valence-corrected chi connectivity index (χ0v) is 22.4. The molecule has 1 heterocycles. The van der Waals surface area contributed by atoms with E-state index in [1.165, 1.54) is 109 Å². The molecule has 1 spiro atoms. The van der Waals surface area contributed by atoms with Crippen LogP contribution in [0.5, 0.6) is 0 Å². The molecule has 0 bridgehead atoms. The van der Waals surface area contributed by atoms with E-state index in [4.69, 9.17) is 0 Å². The minimum atomic E-state index is 0.298. The second-order valence-electron chi connectivity index (χ2n) is 11.7. The van der Waals surface area contributed by atoms with Crippen molar-refractivity contribution in [2.45, 2.75) is 150 Å². The second kappa shape index (κ2) is 15.4. The highest BCUT2D eigenvalue weighted by Gasteiger charge is 2.46. The molecule has 0 aromatic heterocycles. The van der Waals surface area contributed by atoms with E-state index in [0.29, 0.717) is 17.2 Å². The zero-order chi connectivity index (χ0) is 23.2. The zero-order valence-electron chi connectivity index (χ0n) is 22.4. The fourth-order valence-corrected chi connectivity index (χ4v) is 6.71. The lowest BCUT2D eigenvalue weighted by Gasteiger charge is -2.53. The van der Waals surface area contributed by atoms with Crippen LogP contribution in [0.1, 0.15) is 150 Å². The highest BCUT2D eigenvalue weighted by molar-refractivity contribution is 5.79. The Hall–Kier alpha value is -0.530. The van der Waals surface area contributed by atoms with Crippen molar-refractivity contribution < 1.29 is 4.79 Å². The van der Waals surface area contributed by atoms with E-state index < -0.39 is 0 Å². The number of rotatable bonds is 17. The van der Waals surface area contributed by atoms with Crippen LogP contribution in [-0.4, -0.2) is 23.9 Å². The number of amides is 1. The predicted molar refractivity (Wildman–Crippen MR) is 140 cm³/mol. The lowest BCUT2D eigenvalue weighted by molar-refractivity contribution is -0.140. The Labute approximate surface area is 201 Å². The Morgan fingerprint density at radius 1 is 0.750 bits per heavy atom. The first-order valence-corrected chi connectivity index (χ1v) is 14.9. The third-order valence-electron chi connectivity index (χ3n) is 8.84. The van der Waals surface area contributed by atoms with Crippen LogP contribution in [0.4, 0.5) is 0 Å². The van der Waals surface area contributed by atoms with Gasteiger partial charge in [0, 0.05) is 19.0 Å². The summed E-state index contributed by atoms with van der Waals surface area (Å²) in [7, 11) is 0. The maximum Gasteiger partial charge on any atom is 0.225 e. The fraction of sp³-hybridized carbons (Fsp3) is 0.967. The predicted octanol–water partition coefficient (Wildman–Crippen LogP) is 9.17. The number of hydrogen-bond donors (Lipinski definition) is 0. The molecular weight excluding hydrogens is 390 g/mol. The molecule has 1 saturated heterocycles. The van der Waals surface area contributed by atoms with E-state index in [1.54, 1.807) is 0 Å². The molecule has 1 aliphatic heterocycles. The van der Waals surface area contributed by atoms with Crippen LogP contribution in [0.3, 0.4) is 0 Å². The van der Waals surface area contributed by atoms with Gasteiger partial charge in [-0.2, -0.15) is 0 Å². The molecular formula is C30H57NO. The number of piperidine rings is 1. The molecule has 2 rings (SSSR count). The molecule has 2 aliphatic rings. The van der Waals surface area contributed by atoms with Crippen molar-refractivity contribution in [2.75, 3.05) is 13.1 Å². The van der Waals surface area contributed by atoms with Crippen molar-refractivity contribution >= 4 is 5.91 Å². The first kappa shape index (κ1) is 27.7. The van der Waals surface area contributed by atoms with Gasteiger partial charge in [0.05, 0.1) is 0 Å². The largest absolute Gasteiger partial charge is 0.342 e. The monoisotopic (exact) mass is 447 g/mol. The van der Waals surface area contributed by atoms with Crippen LogP contribution in [0.25, 0.3) is 0 Å². The number of carbonyl (C=O) groups excluding carboxylic acids is 1. The van der Waals surface area contributed by atoms with Gasteiger partial charge in [0.15, 0.2) is 0 Å². The van der Waals surface area contributed by atoms with E-state index in [2.05, 4.69) is 32.6 Å². The molecule has 2 unspecified atom stereocenters. The average Bonchev–Trinajstić information content (AvgIpc) is 2.78. The van der Waals surface area contributed by atoms with Crippen molar-refractivity contribution in [3.8, 4) is 0 Å². The standard InChI is InChI=1S/C30H57NO/c1-5-9-13-16-26(15-11-7-3)23-27-24-30(25-27)19-21-31(22-20-30)29(32)28(17-12-8-4)18-14-10-6-2/h26-28H,5-25H2,1-4H3. The smallest absolute Gasteiger partial charge is 0.225 e. The number of carbonyl (C=O) groups is 1. The molecule has 2 atom stereocenters. The lowest BCUT2D eigenvalue weighted by atomic mass is 9.55. The van der Waals surface area contributed by atoms with Gasteiger partial charge in [-0.25, -0.2) is 0 Å². The molecule has 1 aliphatic carbocycles. The molecule has 1 saturated carbocycles. The van der Waals surface area contributed by atoms with Gasteiger partial charge in [0.25, 0.3) is 0 Å². The van der Waals surface area contributed by atoms with E-state index in [-0.39, 0.29) is 0 Å². The maximum atomic E-state index is 13.3. The average molecular weight is 448 g/mol. The third-order valence-corrected chi connectivity index (χ3v) is 8.84. The number of unbranched alkanes of at least 4 members (excludes halogenated alkanes) is 6. The summed E-state index contributed by atoms with van der Waals surface area (Å²) in [4.78, 5) is 15.5. The van der Waals surface area contributed by atoms with Crippen molar-refractivity contribution in [3.63, 3.8) is 0 Å². The third kappa shape index (κ3) is 9.02. The molecule has 0 aromatic carbocycles. The molecule has 1 amide bonds.